The first kappa shape index (κ1) is 6.98. The van der Waals surface area contributed by atoms with E-state index in [1.807, 2.05) is 5.41 Å². The maximum absolute atomic E-state index is 5.02. The van der Waals surface area contributed by atoms with E-state index in [0.717, 1.165) is 5.75 Å². The van der Waals surface area contributed by atoms with E-state index in [1.165, 1.54) is 6.20 Å². The molecule has 7 heavy (non-hydrogen) atoms. The number of nitrogens with two attached hydrogens (primary N) is 1. The van der Waals surface area contributed by atoms with E-state index in [1.54, 1.807) is 17.1 Å². The highest BCUT2D eigenvalue weighted by Gasteiger charge is 1.69. The largest absolute Gasteiger partial charge is 0.404 e. The van der Waals surface area contributed by atoms with Gasteiger partial charge in [-0.15, -0.1) is 11.8 Å². The number of hydrogen-bond donors (Lipinski definition) is 1. The van der Waals surface area contributed by atoms with Crippen LogP contribution < -0.4 is 5.73 Å². The summed E-state index contributed by atoms with van der Waals surface area (Å²) in [6, 6.07) is 0. The quantitative estimate of drug-likeness (QED) is 0.462. The maximum Gasteiger partial charge on any atom is 0.0260 e. The molecule has 0 aromatic rings. The molecule has 0 bridgehead atoms. The van der Waals surface area contributed by atoms with E-state index in [9.17, 15) is 0 Å². The predicted octanol–water partition coefficient (Wildman–Crippen LogP) is 1.15. The van der Waals surface area contributed by atoms with Gasteiger partial charge in [0.05, 0.1) is 0 Å². The Labute approximate surface area is 53.0 Å². The number of thioether (sulfide) groups is 1. The molecule has 0 aromatic heterocycles. The van der Waals surface area contributed by atoms with Crippen molar-refractivity contribution in [3.63, 3.8) is 0 Å². The summed E-state index contributed by atoms with van der Waals surface area (Å²) in [5.74, 6) is 0.864. The highest BCUT2D eigenvalue weighted by molar-refractivity contribution is 8.03. The van der Waals surface area contributed by atoms with Crippen LogP contribution in [0, 0.1) is 0 Å². The first-order valence-corrected chi connectivity index (χ1v) is 3.36. The molecule has 0 aliphatic rings. The van der Waals surface area contributed by atoms with Crippen LogP contribution in [0.25, 0.3) is 0 Å². The minimum atomic E-state index is 0.864. The Hall–Kier alpha value is -0.0200. The topological polar surface area (TPSA) is 26.0 Å². The summed E-state index contributed by atoms with van der Waals surface area (Å²) in [5, 5.41) is 3.48. The standard InChI is InChI=1S/C4H7NS2/c5-1-3-7-4-2-6/h1-3H,4-5H2/b3-1+. The van der Waals surface area contributed by atoms with Crippen molar-refractivity contribution in [2.24, 2.45) is 5.73 Å². The van der Waals surface area contributed by atoms with Gasteiger partial charge in [-0.25, -0.2) is 0 Å². The molecule has 0 fully saturated rings. The zero-order chi connectivity index (χ0) is 5.54. The molecular weight excluding hydrogens is 126 g/mol. The molecule has 40 valence electrons. The molecule has 0 rings (SSSR count). The van der Waals surface area contributed by atoms with Gasteiger partial charge in [-0.3, -0.25) is 0 Å². The first-order chi connectivity index (χ1) is 3.41. The van der Waals surface area contributed by atoms with Crippen LogP contribution >= 0.6 is 24.0 Å². The van der Waals surface area contributed by atoms with Crippen molar-refractivity contribution in [1.29, 1.82) is 0 Å². The number of thiocarbonyl (C=S) groups is 1. The third-order valence-corrected chi connectivity index (χ3v) is 1.43. The van der Waals surface area contributed by atoms with Crippen molar-refractivity contribution in [2.45, 2.75) is 0 Å². The zero-order valence-corrected chi connectivity index (χ0v) is 5.47. The number of rotatable bonds is 3. The highest BCUT2D eigenvalue weighted by Crippen LogP contribution is 1.96. The van der Waals surface area contributed by atoms with Crippen LogP contribution in [-0.2, 0) is 0 Å². The van der Waals surface area contributed by atoms with E-state index in [4.69, 9.17) is 5.73 Å². The van der Waals surface area contributed by atoms with Crippen LogP contribution in [0.2, 0.25) is 0 Å². The first-order valence-electron chi connectivity index (χ1n) is 1.83. The lowest BCUT2D eigenvalue weighted by atomic mass is 11.0. The fraction of sp³-hybridized carbons (Fsp3) is 0.250. The van der Waals surface area contributed by atoms with Gasteiger partial charge < -0.3 is 5.73 Å². The Morgan fingerprint density at radius 2 is 2.43 bits per heavy atom. The molecule has 0 aliphatic carbocycles. The van der Waals surface area contributed by atoms with Crippen molar-refractivity contribution in [2.75, 3.05) is 5.75 Å². The molecule has 1 nitrogen and oxygen atoms in total. The summed E-state index contributed by atoms with van der Waals surface area (Å²) in [6.07, 6.45) is 1.50. The van der Waals surface area contributed by atoms with Crippen molar-refractivity contribution < 1.29 is 0 Å². The highest BCUT2D eigenvalue weighted by atomic mass is 32.2. The molecule has 0 aliphatic heterocycles. The molecule has 0 heterocycles. The molecule has 0 radical (unpaired) electrons. The molecule has 0 atom stereocenters. The second kappa shape index (κ2) is 5.98. The third-order valence-electron chi connectivity index (χ3n) is 0.339. The van der Waals surface area contributed by atoms with Gasteiger partial charge in [-0.1, -0.05) is 12.2 Å². The van der Waals surface area contributed by atoms with Crippen LogP contribution in [0.3, 0.4) is 0 Å². The van der Waals surface area contributed by atoms with Crippen LogP contribution in [-0.4, -0.2) is 11.1 Å². The van der Waals surface area contributed by atoms with E-state index < -0.39 is 0 Å². The van der Waals surface area contributed by atoms with Gasteiger partial charge >= 0.3 is 0 Å². The molecular formula is C4H7NS2. The summed E-state index contributed by atoms with van der Waals surface area (Å²) in [4.78, 5) is 0. The summed E-state index contributed by atoms with van der Waals surface area (Å²) in [6.45, 7) is 0. The van der Waals surface area contributed by atoms with Crippen molar-refractivity contribution >= 4 is 29.3 Å². The van der Waals surface area contributed by atoms with Crippen LogP contribution in [0.4, 0.5) is 0 Å². The van der Waals surface area contributed by atoms with E-state index >= 15 is 0 Å². The lowest BCUT2D eigenvalue weighted by Gasteiger charge is -1.78. The third kappa shape index (κ3) is 5.98. The minimum absolute atomic E-state index is 0.864. The summed E-state index contributed by atoms with van der Waals surface area (Å²) in [5.41, 5.74) is 5.02. The summed E-state index contributed by atoms with van der Waals surface area (Å²) < 4.78 is 0. The van der Waals surface area contributed by atoms with Gasteiger partial charge in [-0.2, -0.15) is 0 Å². The molecule has 2 N–H and O–H groups in total. The van der Waals surface area contributed by atoms with E-state index in [0.29, 0.717) is 0 Å². The molecule has 0 amide bonds. The maximum atomic E-state index is 5.02. The summed E-state index contributed by atoms with van der Waals surface area (Å²) >= 11 is 6.13. The molecule has 3 heteroatoms. The van der Waals surface area contributed by atoms with Gasteiger partial charge in [0.2, 0.25) is 0 Å². The van der Waals surface area contributed by atoms with E-state index in [2.05, 4.69) is 12.2 Å². The lowest BCUT2D eigenvalue weighted by molar-refractivity contribution is 1.63. The van der Waals surface area contributed by atoms with Crippen molar-refractivity contribution in [3.05, 3.63) is 11.6 Å². The SMILES string of the molecule is N/C=C/SCC=S. The van der Waals surface area contributed by atoms with Crippen LogP contribution in [0.1, 0.15) is 0 Å². The van der Waals surface area contributed by atoms with Gasteiger partial charge in [-0.05, 0) is 10.8 Å². The Kier molecular flexibility index (Phi) is 5.96. The molecule has 0 saturated carbocycles. The Balaban J connectivity index is 2.82. The van der Waals surface area contributed by atoms with Gasteiger partial charge in [0.15, 0.2) is 0 Å². The molecule has 0 saturated heterocycles. The monoisotopic (exact) mass is 133 g/mol. The second-order valence-corrected chi connectivity index (χ2v) is 2.10. The molecule has 0 spiro atoms. The fourth-order valence-electron chi connectivity index (χ4n) is 0.150. The van der Waals surface area contributed by atoms with Crippen LogP contribution in [0.15, 0.2) is 11.6 Å². The zero-order valence-electron chi connectivity index (χ0n) is 3.83. The average Bonchev–Trinajstić information content (AvgIpc) is 1.69. The van der Waals surface area contributed by atoms with Gasteiger partial charge in [0.1, 0.15) is 0 Å². The minimum Gasteiger partial charge on any atom is -0.404 e. The van der Waals surface area contributed by atoms with Crippen molar-refractivity contribution in [1.82, 2.24) is 0 Å². The molecule has 0 aromatic carbocycles. The normalized spacial score (nSPS) is 9.71. The number of hydrogen-bond acceptors (Lipinski definition) is 3. The fourth-order valence-corrected chi connectivity index (χ4v) is 0.687. The smallest absolute Gasteiger partial charge is 0.0260 e. The van der Waals surface area contributed by atoms with Crippen LogP contribution in [0.5, 0.6) is 0 Å². The predicted molar refractivity (Wildman–Crippen MR) is 39.4 cm³/mol. The van der Waals surface area contributed by atoms with Crippen molar-refractivity contribution in [3.8, 4) is 0 Å². The van der Waals surface area contributed by atoms with E-state index in [-0.39, 0.29) is 0 Å². The Morgan fingerprint density at radius 1 is 1.71 bits per heavy atom. The summed E-state index contributed by atoms with van der Waals surface area (Å²) in [7, 11) is 0. The lowest BCUT2D eigenvalue weighted by Crippen LogP contribution is -1.74. The van der Waals surface area contributed by atoms with Gasteiger partial charge in [0, 0.05) is 12.0 Å². The molecule has 0 unspecified atom stereocenters. The average molecular weight is 133 g/mol. The Bertz CT molecular complexity index is 70.1. The van der Waals surface area contributed by atoms with Gasteiger partial charge in [0.25, 0.3) is 0 Å². The second-order valence-electron chi connectivity index (χ2n) is 0.829. The Morgan fingerprint density at radius 3 is 2.86 bits per heavy atom.